The molecule has 6 nitrogen and oxygen atoms in total. The average molecular weight is 230 g/mol. The van der Waals surface area contributed by atoms with Gasteiger partial charge in [-0.2, -0.15) is 13.1 Å². The van der Waals surface area contributed by atoms with Crippen LogP contribution >= 0.6 is 0 Å². The molecule has 0 saturated carbocycles. The van der Waals surface area contributed by atoms with E-state index < -0.39 is 16.2 Å². The van der Waals surface area contributed by atoms with Crippen molar-refractivity contribution in [1.82, 2.24) is 4.72 Å². The lowest BCUT2D eigenvalue weighted by Gasteiger charge is -2.02. The monoisotopic (exact) mass is 230 g/mol. The second-order valence-corrected chi connectivity index (χ2v) is 4.25. The number of benzene rings is 1. The lowest BCUT2D eigenvalue weighted by molar-refractivity contribution is 0.0697. The highest BCUT2D eigenvalue weighted by molar-refractivity contribution is 7.87. The zero-order chi connectivity index (χ0) is 11.5. The summed E-state index contributed by atoms with van der Waals surface area (Å²) in [5.74, 6) is -1.03. The number of carboxylic acid groups (broad SMARTS) is 1. The number of aromatic carboxylic acids is 1. The average Bonchev–Trinajstić information content (AvgIpc) is 2.14. The molecule has 0 spiro atoms. The van der Waals surface area contributed by atoms with Crippen molar-refractivity contribution in [3.63, 3.8) is 0 Å². The fourth-order valence-electron chi connectivity index (χ4n) is 0.949. The first-order valence-corrected chi connectivity index (χ1v) is 5.53. The molecule has 4 N–H and O–H groups in total. The molecule has 0 saturated heterocycles. The number of carboxylic acids is 1. The molecular formula is C8H10N2O4S. The molecule has 0 unspecified atom stereocenters. The van der Waals surface area contributed by atoms with E-state index in [2.05, 4.69) is 4.72 Å². The van der Waals surface area contributed by atoms with E-state index >= 15 is 0 Å². The van der Waals surface area contributed by atoms with Gasteiger partial charge < -0.3 is 5.11 Å². The van der Waals surface area contributed by atoms with Crippen LogP contribution in [0.3, 0.4) is 0 Å². The maximum Gasteiger partial charge on any atom is 0.335 e. The predicted octanol–water partition coefficient (Wildman–Crippen LogP) is -0.322. The van der Waals surface area contributed by atoms with Gasteiger partial charge in [0, 0.05) is 6.54 Å². The van der Waals surface area contributed by atoms with Crippen LogP contribution in [0, 0.1) is 0 Å². The van der Waals surface area contributed by atoms with Gasteiger partial charge >= 0.3 is 5.97 Å². The van der Waals surface area contributed by atoms with E-state index in [1.165, 1.54) is 24.3 Å². The normalized spacial score (nSPS) is 11.3. The van der Waals surface area contributed by atoms with Crippen molar-refractivity contribution >= 4 is 16.2 Å². The Morgan fingerprint density at radius 3 is 2.27 bits per heavy atom. The van der Waals surface area contributed by atoms with Crippen LogP contribution in [0.25, 0.3) is 0 Å². The van der Waals surface area contributed by atoms with Crippen LogP contribution in [0.1, 0.15) is 15.9 Å². The Hall–Kier alpha value is -1.44. The van der Waals surface area contributed by atoms with Crippen molar-refractivity contribution in [3.8, 4) is 0 Å². The topological polar surface area (TPSA) is 109 Å². The van der Waals surface area contributed by atoms with E-state index in [4.69, 9.17) is 10.2 Å². The molecule has 1 aromatic carbocycles. The summed E-state index contributed by atoms with van der Waals surface area (Å²) >= 11 is 0. The third-order valence-electron chi connectivity index (χ3n) is 1.68. The van der Waals surface area contributed by atoms with Gasteiger partial charge in [-0.05, 0) is 17.7 Å². The van der Waals surface area contributed by atoms with E-state index in [0.29, 0.717) is 5.56 Å². The summed E-state index contributed by atoms with van der Waals surface area (Å²) < 4.78 is 23.2. The first-order valence-electron chi connectivity index (χ1n) is 3.98. The maximum absolute atomic E-state index is 10.6. The Labute approximate surface area is 86.9 Å². The molecule has 82 valence electrons. The molecule has 0 aromatic heterocycles. The Morgan fingerprint density at radius 1 is 1.33 bits per heavy atom. The maximum atomic E-state index is 10.6. The summed E-state index contributed by atoms with van der Waals surface area (Å²) in [6.07, 6.45) is 0. The number of carbonyl (C=O) groups is 1. The van der Waals surface area contributed by atoms with Crippen molar-refractivity contribution in [2.75, 3.05) is 0 Å². The highest BCUT2D eigenvalue weighted by Crippen LogP contribution is 2.04. The minimum Gasteiger partial charge on any atom is -0.478 e. The van der Waals surface area contributed by atoms with E-state index in [-0.39, 0.29) is 12.1 Å². The molecule has 0 aliphatic carbocycles. The van der Waals surface area contributed by atoms with Crippen LogP contribution in [0.4, 0.5) is 0 Å². The number of nitrogens with one attached hydrogen (secondary N) is 1. The molecule has 0 atom stereocenters. The summed E-state index contributed by atoms with van der Waals surface area (Å²) in [6.45, 7) is 0.0404. The number of nitrogens with two attached hydrogens (primary N) is 1. The van der Waals surface area contributed by atoms with E-state index in [1.54, 1.807) is 0 Å². The largest absolute Gasteiger partial charge is 0.478 e. The fourth-order valence-corrected chi connectivity index (χ4v) is 1.32. The van der Waals surface area contributed by atoms with Gasteiger partial charge in [0.05, 0.1) is 5.56 Å². The lowest BCUT2D eigenvalue weighted by atomic mass is 10.1. The molecule has 0 aliphatic rings. The van der Waals surface area contributed by atoms with Crippen molar-refractivity contribution in [2.45, 2.75) is 6.54 Å². The first kappa shape index (κ1) is 11.6. The second kappa shape index (κ2) is 4.39. The van der Waals surface area contributed by atoms with Crippen molar-refractivity contribution < 1.29 is 18.3 Å². The summed E-state index contributed by atoms with van der Waals surface area (Å²) in [7, 11) is -3.72. The van der Waals surface area contributed by atoms with Crippen LogP contribution in [0.5, 0.6) is 0 Å². The third-order valence-corrected chi connectivity index (χ3v) is 2.23. The van der Waals surface area contributed by atoms with Crippen LogP contribution < -0.4 is 9.86 Å². The van der Waals surface area contributed by atoms with Gasteiger partial charge in [0.2, 0.25) is 0 Å². The molecule has 1 rings (SSSR count). The van der Waals surface area contributed by atoms with Gasteiger partial charge in [-0.25, -0.2) is 9.93 Å². The molecule has 7 heteroatoms. The van der Waals surface area contributed by atoms with Gasteiger partial charge in [0.25, 0.3) is 10.2 Å². The first-order chi connectivity index (χ1) is 6.88. The van der Waals surface area contributed by atoms with Crippen molar-refractivity contribution in [1.29, 1.82) is 0 Å². The lowest BCUT2D eigenvalue weighted by Crippen LogP contribution is -2.30. The van der Waals surface area contributed by atoms with Crippen LogP contribution in [0.2, 0.25) is 0 Å². The predicted molar refractivity (Wildman–Crippen MR) is 53.3 cm³/mol. The minimum atomic E-state index is -3.72. The molecule has 0 heterocycles. The highest BCUT2D eigenvalue weighted by Gasteiger charge is 2.03. The SMILES string of the molecule is NS(=O)(=O)NCc1ccc(C(=O)O)cc1. The van der Waals surface area contributed by atoms with Crippen LogP contribution in [-0.4, -0.2) is 19.5 Å². The molecular weight excluding hydrogens is 220 g/mol. The molecule has 15 heavy (non-hydrogen) atoms. The molecule has 0 amide bonds. The number of rotatable bonds is 4. The van der Waals surface area contributed by atoms with Gasteiger partial charge in [-0.3, -0.25) is 0 Å². The minimum absolute atomic E-state index is 0.0404. The Bertz CT molecular complexity index is 452. The molecule has 0 bridgehead atoms. The number of hydrogen-bond donors (Lipinski definition) is 3. The van der Waals surface area contributed by atoms with Gasteiger partial charge in [0.15, 0.2) is 0 Å². The zero-order valence-corrected chi connectivity index (χ0v) is 8.49. The van der Waals surface area contributed by atoms with Gasteiger partial charge in [0.1, 0.15) is 0 Å². The Morgan fingerprint density at radius 2 is 1.87 bits per heavy atom. The quantitative estimate of drug-likeness (QED) is 0.658. The molecule has 0 radical (unpaired) electrons. The van der Waals surface area contributed by atoms with E-state index in [1.807, 2.05) is 0 Å². The summed E-state index contributed by atoms with van der Waals surface area (Å²) in [4.78, 5) is 10.5. The Kier molecular flexibility index (Phi) is 3.40. The molecule has 1 aromatic rings. The van der Waals surface area contributed by atoms with E-state index in [0.717, 1.165) is 0 Å². The standard InChI is InChI=1S/C8H10N2O4S/c9-15(13,14)10-5-6-1-3-7(4-2-6)8(11)12/h1-4,10H,5H2,(H,11,12)(H2,9,13,14). The van der Waals surface area contributed by atoms with Crippen molar-refractivity contribution in [2.24, 2.45) is 5.14 Å². The van der Waals surface area contributed by atoms with Crippen LogP contribution in [0.15, 0.2) is 24.3 Å². The van der Waals surface area contributed by atoms with Crippen LogP contribution in [-0.2, 0) is 16.8 Å². The summed E-state index contributed by atoms with van der Waals surface area (Å²) in [5, 5.41) is 13.3. The van der Waals surface area contributed by atoms with E-state index in [9.17, 15) is 13.2 Å². The fraction of sp³-hybridized carbons (Fsp3) is 0.125. The summed E-state index contributed by atoms with van der Waals surface area (Å²) in [6, 6.07) is 5.81. The second-order valence-electron chi connectivity index (χ2n) is 2.87. The molecule has 0 fully saturated rings. The van der Waals surface area contributed by atoms with Crippen molar-refractivity contribution in [3.05, 3.63) is 35.4 Å². The number of hydrogen-bond acceptors (Lipinski definition) is 3. The Balaban J connectivity index is 2.69. The highest BCUT2D eigenvalue weighted by atomic mass is 32.2. The molecule has 0 aliphatic heterocycles. The summed E-state index contributed by atoms with van der Waals surface area (Å²) in [5.41, 5.74) is 0.781. The van der Waals surface area contributed by atoms with Gasteiger partial charge in [-0.15, -0.1) is 0 Å². The smallest absolute Gasteiger partial charge is 0.335 e. The zero-order valence-electron chi connectivity index (χ0n) is 7.67. The van der Waals surface area contributed by atoms with Gasteiger partial charge in [-0.1, -0.05) is 12.1 Å². The third kappa shape index (κ3) is 4.07.